The Bertz CT molecular complexity index is 444. The summed E-state index contributed by atoms with van der Waals surface area (Å²) in [5.41, 5.74) is 0.590. The Morgan fingerprint density at radius 1 is 1.31 bits per heavy atom. The van der Waals surface area contributed by atoms with Gasteiger partial charge in [-0.1, -0.05) is 5.16 Å². The Balaban J connectivity index is 1.82. The van der Waals surface area contributed by atoms with Gasteiger partial charge in [-0.3, -0.25) is 0 Å². The van der Waals surface area contributed by atoms with E-state index in [1.165, 1.54) is 0 Å². The molecule has 0 amide bonds. The molecule has 0 bridgehead atoms. The molecule has 3 heterocycles. The Hall–Kier alpha value is -1.76. The third-order valence-electron chi connectivity index (χ3n) is 2.78. The average Bonchev–Trinajstić information content (AvgIpc) is 3.01. The molecule has 0 radical (unpaired) electrons. The van der Waals surface area contributed by atoms with Gasteiger partial charge >= 0.3 is 0 Å². The maximum atomic E-state index is 5.16. The highest BCUT2D eigenvalue weighted by Gasteiger charge is 2.21. The van der Waals surface area contributed by atoms with Gasteiger partial charge in [-0.25, -0.2) is 0 Å². The zero-order valence-electron chi connectivity index (χ0n) is 8.68. The molecular formula is C9H12N6O. The van der Waals surface area contributed by atoms with Crippen molar-refractivity contribution in [3.63, 3.8) is 0 Å². The van der Waals surface area contributed by atoms with Crippen molar-refractivity contribution in [3.05, 3.63) is 12.0 Å². The number of aromatic amines is 1. The predicted molar refractivity (Wildman–Crippen MR) is 54.5 cm³/mol. The van der Waals surface area contributed by atoms with Gasteiger partial charge in [0.1, 0.15) is 0 Å². The Kier molecular flexibility index (Phi) is 2.37. The first-order chi connectivity index (χ1) is 7.93. The van der Waals surface area contributed by atoms with Crippen LogP contribution in [0.4, 0.5) is 0 Å². The van der Waals surface area contributed by atoms with Crippen LogP contribution in [0.15, 0.2) is 10.7 Å². The number of piperidine rings is 1. The van der Waals surface area contributed by atoms with E-state index >= 15 is 0 Å². The fraction of sp³-hybridized carbons (Fsp3) is 0.556. The van der Waals surface area contributed by atoms with E-state index < -0.39 is 0 Å². The van der Waals surface area contributed by atoms with Crippen molar-refractivity contribution in [3.8, 4) is 11.6 Å². The summed E-state index contributed by atoms with van der Waals surface area (Å²) >= 11 is 0. The normalized spacial score (nSPS) is 17.8. The minimum absolute atomic E-state index is 0.394. The summed E-state index contributed by atoms with van der Waals surface area (Å²) < 4.78 is 5.16. The highest BCUT2D eigenvalue weighted by molar-refractivity contribution is 5.42. The van der Waals surface area contributed by atoms with E-state index in [1.807, 2.05) is 0 Å². The number of H-pyrrole nitrogens is 1. The van der Waals surface area contributed by atoms with Crippen molar-refractivity contribution in [1.29, 1.82) is 0 Å². The summed E-state index contributed by atoms with van der Waals surface area (Å²) in [4.78, 5) is 4.35. The standard InChI is InChI=1S/C9H12N6O/c1-3-10-4-2-6(1)8-12-9(16-14-8)7-5-11-15-13-7/h5-6,10H,1-4H2,(H,11,13,15). The van der Waals surface area contributed by atoms with Crippen molar-refractivity contribution in [2.75, 3.05) is 13.1 Å². The lowest BCUT2D eigenvalue weighted by Gasteiger charge is -2.18. The van der Waals surface area contributed by atoms with Gasteiger partial charge in [0.05, 0.1) is 6.20 Å². The van der Waals surface area contributed by atoms with Gasteiger partial charge < -0.3 is 9.84 Å². The molecule has 7 heteroatoms. The quantitative estimate of drug-likeness (QED) is 0.757. The van der Waals surface area contributed by atoms with Gasteiger partial charge in [0.2, 0.25) is 0 Å². The number of hydrogen-bond donors (Lipinski definition) is 2. The highest BCUT2D eigenvalue weighted by atomic mass is 16.5. The topological polar surface area (TPSA) is 92.5 Å². The van der Waals surface area contributed by atoms with E-state index in [0.717, 1.165) is 31.8 Å². The van der Waals surface area contributed by atoms with Gasteiger partial charge in [0, 0.05) is 5.92 Å². The van der Waals surface area contributed by atoms with Gasteiger partial charge in [0.25, 0.3) is 5.89 Å². The minimum Gasteiger partial charge on any atom is -0.332 e. The molecule has 0 aliphatic carbocycles. The summed E-state index contributed by atoms with van der Waals surface area (Å²) in [6.45, 7) is 2.02. The van der Waals surface area contributed by atoms with Gasteiger partial charge in [0.15, 0.2) is 11.5 Å². The first kappa shape index (κ1) is 9.46. The van der Waals surface area contributed by atoms with Crippen LogP contribution in [0, 0.1) is 0 Å². The molecule has 0 saturated carbocycles. The van der Waals surface area contributed by atoms with E-state index in [2.05, 4.69) is 30.9 Å². The molecule has 7 nitrogen and oxygen atoms in total. The zero-order chi connectivity index (χ0) is 10.8. The van der Waals surface area contributed by atoms with Crippen molar-refractivity contribution in [2.24, 2.45) is 0 Å². The third kappa shape index (κ3) is 1.69. The number of hydrogen-bond acceptors (Lipinski definition) is 6. The van der Waals surface area contributed by atoms with Crippen LogP contribution in [0.25, 0.3) is 11.6 Å². The van der Waals surface area contributed by atoms with Crippen molar-refractivity contribution >= 4 is 0 Å². The largest absolute Gasteiger partial charge is 0.332 e. The Labute approximate surface area is 91.6 Å². The van der Waals surface area contributed by atoms with E-state index in [-0.39, 0.29) is 0 Å². The van der Waals surface area contributed by atoms with Crippen LogP contribution in [-0.2, 0) is 0 Å². The first-order valence-corrected chi connectivity index (χ1v) is 5.34. The fourth-order valence-corrected chi connectivity index (χ4v) is 1.89. The van der Waals surface area contributed by atoms with E-state index in [9.17, 15) is 0 Å². The van der Waals surface area contributed by atoms with Gasteiger partial charge in [-0.15, -0.1) is 0 Å². The van der Waals surface area contributed by atoms with Crippen molar-refractivity contribution < 1.29 is 4.52 Å². The van der Waals surface area contributed by atoms with Crippen LogP contribution in [0.5, 0.6) is 0 Å². The second-order valence-electron chi connectivity index (χ2n) is 3.84. The molecule has 1 fully saturated rings. The summed E-state index contributed by atoms with van der Waals surface area (Å²) in [7, 11) is 0. The predicted octanol–water partition coefficient (Wildman–Crippen LogP) is 0.322. The van der Waals surface area contributed by atoms with Crippen LogP contribution >= 0.6 is 0 Å². The van der Waals surface area contributed by atoms with Crippen LogP contribution < -0.4 is 5.32 Å². The van der Waals surface area contributed by atoms with Crippen LogP contribution in [0.2, 0.25) is 0 Å². The molecule has 2 aromatic heterocycles. The van der Waals surface area contributed by atoms with Crippen LogP contribution in [-0.4, -0.2) is 38.6 Å². The number of nitrogens with one attached hydrogen (secondary N) is 2. The molecule has 3 rings (SSSR count). The molecule has 2 N–H and O–H groups in total. The highest BCUT2D eigenvalue weighted by Crippen LogP contribution is 2.24. The average molecular weight is 220 g/mol. The second-order valence-corrected chi connectivity index (χ2v) is 3.84. The maximum absolute atomic E-state index is 5.16. The Morgan fingerprint density at radius 3 is 2.94 bits per heavy atom. The molecule has 0 spiro atoms. The van der Waals surface area contributed by atoms with Crippen molar-refractivity contribution in [2.45, 2.75) is 18.8 Å². The molecule has 1 aliphatic rings. The number of nitrogens with zero attached hydrogens (tertiary/aromatic N) is 4. The van der Waals surface area contributed by atoms with E-state index in [4.69, 9.17) is 4.52 Å². The summed E-state index contributed by atoms with van der Waals surface area (Å²) in [5.74, 6) is 1.60. The van der Waals surface area contributed by atoms with Gasteiger partial charge in [-0.05, 0) is 25.9 Å². The fourth-order valence-electron chi connectivity index (χ4n) is 1.89. The lowest BCUT2D eigenvalue weighted by molar-refractivity contribution is 0.391. The van der Waals surface area contributed by atoms with Crippen LogP contribution in [0.3, 0.4) is 0 Å². The minimum atomic E-state index is 0.394. The molecule has 0 atom stereocenters. The molecule has 84 valence electrons. The smallest absolute Gasteiger partial charge is 0.280 e. The SMILES string of the molecule is c1n[nH]nc1-c1nc(C2CCNCC2)no1. The lowest BCUT2D eigenvalue weighted by atomic mass is 9.98. The molecule has 16 heavy (non-hydrogen) atoms. The maximum Gasteiger partial charge on any atom is 0.280 e. The van der Waals surface area contributed by atoms with E-state index in [1.54, 1.807) is 6.20 Å². The first-order valence-electron chi connectivity index (χ1n) is 5.34. The molecule has 1 aliphatic heterocycles. The molecule has 2 aromatic rings. The molecule has 1 saturated heterocycles. The lowest BCUT2D eigenvalue weighted by Crippen LogP contribution is -2.27. The number of rotatable bonds is 2. The molecule has 0 aromatic carbocycles. The monoisotopic (exact) mass is 220 g/mol. The van der Waals surface area contributed by atoms with E-state index in [0.29, 0.717) is 17.5 Å². The Morgan fingerprint density at radius 2 is 2.19 bits per heavy atom. The van der Waals surface area contributed by atoms with Crippen LogP contribution in [0.1, 0.15) is 24.6 Å². The molecular weight excluding hydrogens is 208 g/mol. The summed E-state index contributed by atoms with van der Waals surface area (Å²) in [5, 5.41) is 17.4. The summed E-state index contributed by atoms with van der Waals surface area (Å²) in [6, 6.07) is 0. The van der Waals surface area contributed by atoms with Gasteiger partial charge in [-0.2, -0.15) is 20.4 Å². The molecule has 0 unspecified atom stereocenters. The third-order valence-corrected chi connectivity index (χ3v) is 2.78. The van der Waals surface area contributed by atoms with Crippen molar-refractivity contribution in [1.82, 2.24) is 30.9 Å². The zero-order valence-corrected chi connectivity index (χ0v) is 8.68. The summed E-state index contributed by atoms with van der Waals surface area (Å²) in [6.07, 6.45) is 3.68. The second kappa shape index (κ2) is 4.01. The number of aromatic nitrogens is 5.